The first-order chi connectivity index (χ1) is 33.9. The number of nitrogens with one attached hydrogen (secondary N) is 4. The van der Waals surface area contributed by atoms with Crippen LogP contribution >= 0.6 is 23.5 Å². The Labute approximate surface area is 420 Å². The molecule has 5 amide bonds. The van der Waals surface area contributed by atoms with E-state index in [0.29, 0.717) is 66.5 Å². The number of carbonyl (C=O) groups excluding carboxylic acids is 5. The summed E-state index contributed by atoms with van der Waals surface area (Å²) in [5.41, 5.74) is 3.55. The second-order valence-electron chi connectivity index (χ2n) is 18.4. The largest absolute Gasteiger partial charge is 0.384 e. The van der Waals surface area contributed by atoms with Gasteiger partial charge in [0.05, 0.1) is 22.6 Å². The van der Waals surface area contributed by atoms with Gasteiger partial charge in [-0.25, -0.2) is 12.7 Å². The van der Waals surface area contributed by atoms with Gasteiger partial charge >= 0.3 is 0 Å². The summed E-state index contributed by atoms with van der Waals surface area (Å²) in [4.78, 5) is 65.8. The third-order valence-corrected chi connectivity index (χ3v) is 16.6. The van der Waals surface area contributed by atoms with Gasteiger partial charge in [0.25, 0.3) is 17.7 Å². The standard InChI is InChI=1S/C52H62ClN7O8S2/c53-40-17-13-37(14-18-40)35-59(41-7-2-3-8-41)70(66,67)43-21-19-42(20-22-43)69-58(34-38-25-28-54-29-26-38)33-36-11-15-39(16-12-36)49(62)56-30-32-68-31-5-1-4-27-55-45-10-6-9-44-48(45)52(65)60(51(44)64)46-23-24-47(61)57-50(46)63/h6,9-22,38,41,46,54-55H,1-5,7-8,23-35H2,(H,56,62)(H,57,61,63). The second-order valence-corrected chi connectivity index (χ2v) is 21.9. The molecule has 2 saturated heterocycles. The van der Waals surface area contributed by atoms with Crippen molar-refractivity contribution in [2.24, 2.45) is 5.92 Å². The van der Waals surface area contributed by atoms with E-state index in [4.69, 9.17) is 16.3 Å². The van der Waals surface area contributed by atoms with Crippen molar-refractivity contribution >= 4 is 68.8 Å². The molecule has 0 bridgehead atoms. The van der Waals surface area contributed by atoms with Gasteiger partial charge in [-0.2, -0.15) is 4.31 Å². The molecule has 3 fully saturated rings. The molecule has 1 saturated carbocycles. The van der Waals surface area contributed by atoms with E-state index in [2.05, 4.69) is 25.6 Å². The molecule has 1 atom stereocenters. The number of carbonyl (C=O) groups is 5. The lowest BCUT2D eigenvalue weighted by Gasteiger charge is -2.30. The lowest BCUT2D eigenvalue weighted by Crippen LogP contribution is -2.54. The molecule has 1 unspecified atom stereocenters. The van der Waals surface area contributed by atoms with Gasteiger partial charge in [0, 0.05) is 73.0 Å². The van der Waals surface area contributed by atoms with Gasteiger partial charge in [-0.1, -0.05) is 54.8 Å². The highest BCUT2D eigenvalue weighted by atomic mass is 35.5. The minimum absolute atomic E-state index is 0.0349. The van der Waals surface area contributed by atoms with Crippen molar-refractivity contribution in [1.82, 2.24) is 29.5 Å². The zero-order chi connectivity index (χ0) is 49.0. The smallest absolute Gasteiger partial charge is 0.264 e. The topological polar surface area (TPSA) is 187 Å². The Morgan fingerprint density at radius 2 is 1.50 bits per heavy atom. The number of imide groups is 2. The summed E-state index contributed by atoms with van der Waals surface area (Å²) in [6.07, 6.45) is 8.54. The Morgan fingerprint density at radius 1 is 0.786 bits per heavy atom. The number of amides is 5. The molecule has 15 nitrogen and oxygen atoms in total. The lowest BCUT2D eigenvalue weighted by molar-refractivity contribution is -0.136. The van der Waals surface area contributed by atoms with Crippen LogP contribution in [0.4, 0.5) is 5.69 Å². The first kappa shape index (κ1) is 51.2. The van der Waals surface area contributed by atoms with E-state index in [9.17, 15) is 32.4 Å². The summed E-state index contributed by atoms with van der Waals surface area (Å²) in [6, 6.07) is 26.3. The van der Waals surface area contributed by atoms with Crippen molar-refractivity contribution in [2.45, 2.75) is 106 Å². The van der Waals surface area contributed by atoms with Crippen LogP contribution in [0.2, 0.25) is 5.02 Å². The van der Waals surface area contributed by atoms with E-state index in [1.165, 1.54) is 0 Å². The van der Waals surface area contributed by atoms with Crippen molar-refractivity contribution in [2.75, 3.05) is 51.3 Å². The van der Waals surface area contributed by atoms with Crippen molar-refractivity contribution in [3.63, 3.8) is 0 Å². The minimum Gasteiger partial charge on any atom is -0.384 e. The fourth-order valence-corrected chi connectivity index (χ4v) is 12.5. The van der Waals surface area contributed by atoms with Gasteiger partial charge in [0.2, 0.25) is 21.8 Å². The highest BCUT2D eigenvalue weighted by Crippen LogP contribution is 2.35. The van der Waals surface area contributed by atoms with E-state index in [1.807, 2.05) is 48.5 Å². The van der Waals surface area contributed by atoms with Crippen LogP contribution in [-0.4, -0.2) is 109 Å². The van der Waals surface area contributed by atoms with E-state index < -0.39 is 39.7 Å². The Hall–Kier alpha value is -5.14. The highest BCUT2D eigenvalue weighted by Gasteiger charge is 2.45. The van der Waals surface area contributed by atoms with Crippen LogP contribution in [0, 0.1) is 5.92 Å². The maximum atomic E-state index is 14.2. The normalized spacial score (nSPS) is 17.9. The van der Waals surface area contributed by atoms with Crippen molar-refractivity contribution in [3.8, 4) is 0 Å². The number of fused-ring (bicyclic) bond motifs is 1. The number of piperidine rings is 2. The maximum Gasteiger partial charge on any atom is 0.264 e. The maximum absolute atomic E-state index is 14.2. The zero-order valence-corrected chi connectivity index (χ0v) is 41.7. The van der Waals surface area contributed by atoms with Gasteiger partial charge in [-0.3, -0.25) is 34.2 Å². The lowest BCUT2D eigenvalue weighted by atomic mass is 9.98. The quantitative estimate of drug-likeness (QED) is 0.0328. The number of anilines is 1. The van der Waals surface area contributed by atoms with Crippen LogP contribution in [0.1, 0.15) is 113 Å². The molecule has 18 heteroatoms. The molecule has 4 N–H and O–H groups in total. The molecular formula is C52H62ClN7O8S2. The van der Waals surface area contributed by atoms with Crippen molar-refractivity contribution in [3.05, 3.63) is 124 Å². The van der Waals surface area contributed by atoms with Crippen LogP contribution < -0.4 is 21.3 Å². The van der Waals surface area contributed by atoms with Gasteiger partial charge < -0.3 is 20.7 Å². The second kappa shape index (κ2) is 24.3. The molecule has 0 spiro atoms. The summed E-state index contributed by atoms with van der Waals surface area (Å²) in [5, 5.41) is 12.5. The molecule has 4 aliphatic rings. The number of hydrogen-bond acceptors (Lipinski definition) is 12. The number of unbranched alkanes of at least 4 members (excludes halogenated alkanes) is 2. The molecular weight excluding hydrogens is 950 g/mol. The summed E-state index contributed by atoms with van der Waals surface area (Å²) >= 11 is 7.76. The monoisotopic (exact) mass is 1010 g/mol. The minimum atomic E-state index is -3.75. The molecule has 70 heavy (non-hydrogen) atoms. The highest BCUT2D eigenvalue weighted by molar-refractivity contribution is 7.97. The van der Waals surface area contributed by atoms with Crippen molar-refractivity contribution in [1.29, 1.82) is 0 Å². The van der Waals surface area contributed by atoms with Crippen LogP contribution in [0.25, 0.3) is 0 Å². The molecule has 4 aromatic carbocycles. The summed E-state index contributed by atoms with van der Waals surface area (Å²) in [7, 11) is -3.75. The fraction of sp³-hybridized carbons (Fsp3) is 0.442. The first-order valence-corrected chi connectivity index (χ1v) is 27.1. The molecule has 372 valence electrons. The Bertz CT molecular complexity index is 2590. The number of nitrogens with zero attached hydrogens (tertiary/aromatic N) is 3. The molecule has 0 aromatic heterocycles. The number of ether oxygens (including phenoxy) is 1. The van der Waals surface area contributed by atoms with Gasteiger partial charge in [0.1, 0.15) is 6.04 Å². The Morgan fingerprint density at radius 3 is 2.23 bits per heavy atom. The van der Waals surface area contributed by atoms with Crippen molar-refractivity contribution < 1.29 is 37.1 Å². The van der Waals surface area contributed by atoms with E-state index in [-0.39, 0.29) is 35.9 Å². The van der Waals surface area contributed by atoms with E-state index in [0.717, 1.165) is 98.3 Å². The Balaban J connectivity index is 0.763. The van der Waals surface area contributed by atoms with Gasteiger partial charge in [-0.05, 0) is 154 Å². The molecule has 3 aliphatic heterocycles. The number of sulfonamides is 1. The molecule has 0 radical (unpaired) electrons. The zero-order valence-electron chi connectivity index (χ0n) is 39.3. The molecule has 8 rings (SSSR count). The van der Waals surface area contributed by atoms with Gasteiger partial charge in [-0.15, -0.1) is 0 Å². The fourth-order valence-electron chi connectivity index (χ4n) is 9.61. The average molecular weight is 1010 g/mol. The summed E-state index contributed by atoms with van der Waals surface area (Å²) in [5.74, 6) is -1.78. The van der Waals surface area contributed by atoms with Crippen LogP contribution in [-0.2, 0) is 37.4 Å². The predicted molar refractivity (Wildman–Crippen MR) is 270 cm³/mol. The predicted octanol–water partition coefficient (Wildman–Crippen LogP) is 7.41. The SMILES string of the molecule is O=C1CCC(N2C(=O)c3cccc(NCCCCCOCCNC(=O)c4ccc(CN(CC5CCNCC5)Sc5ccc(S(=O)(=O)N(Cc6ccc(Cl)cc6)C6CCCC6)cc5)cc4)c3C2=O)C(=O)N1. The first-order valence-electron chi connectivity index (χ1n) is 24.5. The number of halogens is 1. The third kappa shape index (κ3) is 13.0. The van der Waals surface area contributed by atoms with E-state index in [1.54, 1.807) is 58.7 Å². The van der Waals surface area contributed by atoms with Crippen LogP contribution in [0.5, 0.6) is 0 Å². The number of hydrogen-bond donors (Lipinski definition) is 4. The average Bonchev–Trinajstić information content (AvgIpc) is 3.98. The summed E-state index contributed by atoms with van der Waals surface area (Å²) in [6.45, 7) is 5.63. The number of rotatable bonds is 23. The molecule has 1 aliphatic carbocycles. The third-order valence-electron chi connectivity index (χ3n) is 13.4. The van der Waals surface area contributed by atoms with E-state index >= 15 is 0 Å². The number of benzene rings is 4. The summed E-state index contributed by atoms with van der Waals surface area (Å²) < 4.78 is 38.2. The Kier molecular flexibility index (Phi) is 17.8. The van der Waals surface area contributed by atoms with Crippen LogP contribution in [0.3, 0.4) is 0 Å². The molecule has 4 aromatic rings. The molecule has 3 heterocycles. The van der Waals surface area contributed by atoms with Crippen LogP contribution in [0.15, 0.2) is 101 Å². The van der Waals surface area contributed by atoms with Gasteiger partial charge in [0.15, 0.2) is 0 Å².